The van der Waals surface area contributed by atoms with Gasteiger partial charge in [-0.2, -0.15) is 5.10 Å². The predicted molar refractivity (Wildman–Crippen MR) is 102 cm³/mol. The highest BCUT2D eigenvalue weighted by atomic mass is 16.5. The van der Waals surface area contributed by atoms with Crippen molar-refractivity contribution in [3.05, 3.63) is 53.6 Å². The maximum absolute atomic E-state index is 5.70. The quantitative estimate of drug-likeness (QED) is 0.469. The van der Waals surface area contributed by atoms with E-state index >= 15 is 0 Å². The number of methoxy groups -OCH3 is 3. The Labute approximate surface area is 152 Å². The van der Waals surface area contributed by atoms with Gasteiger partial charge in [-0.3, -0.25) is 4.99 Å². The van der Waals surface area contributed by atoms with E-state index in [1.807, 2.05) is 42.5 Å². The smallest absolute Gasteiger partial charge is 0.203 e. The minimum atomic E-state index is -0.210. The highest BCUT2D eigenvalue weighted by molar-refractivity contribution is 6.10. The van der Waals surface area contributed by atoms with Crippen LogP contribution in [0.3, 0.4) is 0 Å². The van der Waals surface area contributed by atoms with E-state index in [4.69, 9.17) is 25.0 Å². The molecule has 0 radical (unpaired) electrons. The van der Waals surface area contributed by atoms with E-state index in [-0.39, 0.29) is 6.04 Å². The third-order valence-corrected chi connectivity index (χ3v) is 4.21. The lowest BCUT2D eigenvalue weighted by molar-refractivity contribution is 0.324. The molecule has 1 unspecified atom stereocenters. The van der Waals surface area contributed by atoms with Crippen molar-refractivity contribution in [2.45, 2.75) is 6.04 Å². The summed E-state index contributed by atoms with van der Waals surface area (Å²) in [4.78, 5) is 4.74. The second kappa shape index (κ2) is 7.77. The molecule has 0 aromatic heterocycles. The maximum atomic E-state index is 5.70. The molecule has 0 bridgehead atoms. The van der Waals surface area contributed by atoms with Gasteiger partial charge in [0.25, 0.3) is 0 Å². The SMILES string of the molecule is COc1cc(/C(=N\N)C2CNC(c3ccccc3)=N2)cc(OC)c1OC. The van der Waals surface area contributed by atoms with E-state index in [0.717, 1.165) is 17.0 Å². The topological polar surface area (TPSA) is 90.5 Å². The van der Waals surface area contributed by atoms with Gasteiger partial charge < -0.3 is 25.4 Å². The summed E-state index contributed by atoms with van der Waals surface area (Å²) in [5, 5.41) is 7.31. The zero-order valence-electron chi connectivity index (χ0n) is 15.0. The van der Waals surface area contributed by atoms with Crippen molar-refractivity contribution >= 4 is 11.5 Å². The van der Waals surface area contributed by atoms with Gasteiger partial charge >= 0.3 is 0 Å². The van der Waals surface area contributed by atoms with Gasteiger partial charge in [-0.15, -0.1) is 0 Å². The summed E-state index contributed by atoms with van der Waals surface area (Å²) in [6.07, 6.45) is 0. The molecule has 1 heterocycles. The third-order valence-electron chi connectivity index (χ3n) is 4.21. The molecule has 0 saturated carbocycles. The van der Waals surface area contributed by atoms with E-state index < -0.39 is 0 Å². The van der Waals surface area contributed by atoms with Crippen LogP contribution in [0.4, 0.5) is 0 Å². The van der Waals surface area contributed by atoms with E-state index in [9.17, 15) is 0 Å². The molecule has 0 aliphatic carbocycles. The van der Waals surface area contributed by atoms with E-state index in [1.165, 1.54) is 0 Å². The molecule has 0 saturated heterocycles. The van der Waals surface area contributed by atoms with Crippen LogP contribution in [0.5, 0.6) is 17.2 Å². The van der Waals surface area contributed by atoms with Gasteiger partial charge in [-0.1, -0.05) is 30.3 Å². The standard InChI is InChI=1S/C19H22N4O3/c1-24-15-9-13(10-16(25-2)18(15)26-3)17(23-20)14-11-21-19(22-14)12-7-5-4-6-8-12/h4-10,14H,11,20H2,1-3H3,(H,21,22)/b23-17+. The van der Waals surface area contributed by atoms with Crippen molar-refractivity contribution in [2.24, 2.45) is 15.9 Å². The summed E-state index contributed by atoms with van der Waals surface area (Å²) in [6, 6.07) is 13.4. The monoisotopic (exact) mass is 354 g/mol. The van der Waals surface area contributed by atoms with E-state index in [2.05, 4.69) is 10.4 Å². The minimum absolute atomic E-state index is 0.210. The van der Waals surface area contributed by atoms with Crippen molar-refractivity contribution < 1.29 is 14.2 Å². The molecule has 2 aromatic carbocycles. The fourth-order valence-corrected chi connectivity index (χ4v) is 2.95. The first-order valence-electron chi connectivity index (χ1n) is 8.17. The number of nitrogens with zero attached hydrogens (tertiary/aromatic N) is 2. The predicted octanol–water partition coefficient (Wildman–Crippen LogP) is 1.79. The minimum Gasteiger partial charge on any atom is -0.493 e. The molecule has 1 atom stereocenters. The Morgan fingerprint density at radius 2 is 1.73 bits per heavy atom. The van der Waals surface area contributed by atoms with Gasteiger partial charge in [-0.05, 0) is 12.1 Å². The fraction of sp³-hybridized carbons (Fsp3) is 0.263. The van der Waals surface area contributed by atoms with Crippen molar-refractivity contribution in [2.75, 3.05) is 27.9 Å². The number of hydrazone groups is 1. The van der Waals surface area contributed by atoms with Gasteiger partial charge in [0.05, 0.1) is 27.0 Å². The van der Waals surface area contributed by atoms with Crippen LogP contribution in [0.1, 0.15) is 11.1 Å². The number of hydrogen-bond acceptors (Lipinski definition) is 7. The van der Waals surface area contributed by atoms with Gasteiger partial charge in [0, 0.05) is 17.7 Å². The molecule has 0 spiro atoms. The molecular formula is C19H22N4O3. The first-order valence-corrected chi connectivity index (χ1v) is 8.17. The van der Waals surface area contributed by atoms with E-state index in [1.54, 1.807) is 21.3 Å². The molecule has 1 aliphatic heterocycles. The molecule has 136 valence electrons. The molecule has 3 rings (SSSR count). The molecule has 26 heavy (non-hydrogen) atoms. The molecule has 0 fully saturated rings. The fourth-order valence-electron chi connectivity index (χ4n) is 2.95. The van der Waals surface area contributed by atoms with Gasteiger partial charge in [0.2, 0.25) is 5.75 Å². The molecule has 7 heteroatoms. The zero-order valence-corrected chi connectivity index (χ0v) is 15.0. The Hall–Kier alpha value is -3.22. The molecule has 1 aliphatic rings. The second-order valence-corrected chi connectivity index (χ2v) is 5.67. The first kappa shape index (κ1) is 17.6. The van der Waals surface area contributed by atoms with Crippen LogP contribution in [-0.2, 0) is 0 Å². The molecule has 3 N–H and O–H groups in total. The first-order chi connectivity index (χ1) is 12.7. The van der Waals surface area contributed by atoms with Crippen LogP contribution < -0.4 is 25.4 Å². The Balaban J connectivity index is 1.96. The van der Waals surface area contributed by atoms with Crippen LogP contribution in [0, 0.1) is 0 Å². The molecule has 7 nitrogen and oxygen atoms in total. The average Bonchev–Trinajstić information content (AvgIpc) is 3.18. The van der Waals surface area contributed by atoms with Crippen molar-refractivity contribution in [1.82, 2.24) is 5.32 Å². The number of benzene rings is 2. The Morgan fingerprint density at radius 1 is 1.08 bits per heavy atom. The average molecular weight is 354 g/mol. The number of hydrogen-bond donors (Lipinski definition) is 2. The Bertz CT molecular complexity index is 809. The second-order valence-electron chi connectivity index (χ2n) is 5.67. The van der Waals surface area contributed by atoms with Gasteiger partial charge in [-0.25, -0.2) is 0 Å². The summed E-state index contributed by atoms with van der Waals surface area (Å²) in [5.74, 6) is 8.13. The van der Waals surface area contributed by atoms with Crippen LogP contribution in [0.2, 0.25) is 0 Å². The van der Waals surface area contributed by atoms with Crippen molar-refractivity contribution in [3.8, 4) is 17.2 Å². The Morgan fingerprint density at radius 3 is 2.27 bits per heavy atom. The summed E-state index contributed by atoms with van der Waals surface area (Å²) in [6.45, 7) is 0.608. The van der Waals surface area contributed by atoms with Crippen LogP contribution in [0.15, 0.2) is 52.6 Å². The summed E-state index contributed by atoms with van der Waals surface area (Å²) >= 11 is 0. The summed E-state index contributed by atoms with van der Waals surface area (Å²) < 4.78 is 16.2. The highest BCUT2D eigenvalue weighted by Crippen LogP contribution is 2.38. The van der Waals surface area contributed by atoms with Gasteiger partial charge in [0.15, 0.2) is 11.5 Å². The van der Waals surface area contributed by atoms with Crippen LogP contribution >= 0.6 is 0 Å². The lowest BCUT2D eigenvalue weighted by Gasteiger charge is -2.16. The Kier molecular flexibility index (Phi) is 5.26. The summed E-state index contributed by atoms with van der Waals surface area (Å²) in [5.41, 5.74) is 2.44. The lowest BCUT2D eigenvalue weighted by atomic mass is 10.0. The number of aliphatic imine (C=N–C) groups is 1. The molecule has 2 aromatic rings. The van der Waals surface area contributed by atoms with E-state index in [0.29, 0.717) is 29.5 Å². The normalized spacial score (nSPS) is 16.7. The third kappa shape index (κ3) is 3.28. The van der Waals surface area contributed by atoms with Gasteiger partial charge in [0.1, 0.15) is 11.9 Å². The zero-order chi connectivity index (χ0) is 18.5. The number of nitrogens with one attached hydrogen (secondary N) is 1. The number of nitrogens with two attached hydrogens (primary N) is 1. The molecular weight excluding hydrogens is 332 g/mol. The number of ether oxygens (including phenoxy) is 3. The van der Waals surface area contributed by atoms with Crippen molar-refractivity contribution in [3.63, 3.8) is 0 Å². The van der Waals surface area contributed by atoms with Crippen LogP contribution in [-0.4, -0.2) is 45.5 Å². The maximum Gasteiger partial charge on any atom is 0.203 e. The lowest BCUT2D eigenvalue weighted by Crippen LogP contribution is -2.28. The van der Waals surface area contributed by atoms with Crippen molar-refractivity contribution in [1.29, 1.82) is 0 Å². The highest BCUT2D eigenvalue weighted by Gasteiger charge is 2.26. The molecule has 0 amide bonds. The van der Waals surface area contributed by atoms with Crippen LogP contribution in [0.25, 0.3) is 0 Å². The summed E-state index contributed by atoms with van der Waals surface area (Å²) in [7, 11) is 4.71. The number of amidine groups is 1. The number of rotatable bonds is 6. The largest absolute Gasteiger partial charge is 0.493 e.